The summed E-state index contributed by atoms with van der Waals surface area (Å²) in [6.07, 6.45) is -0.814. The van der Waals surface area contributed by atoms with Crippen LogP contribution in [-0.2, 0) is 11.2 Å². The van der Waals surface area contributed by atoms with E-state index in [0.717, 1.165) is 0 Å². The number of aromatic amines is 1. The third-order valence-corrected chi connectivity index (χ3v) is 4.00. The molecule has 2 rings (SSSR count). The summed E-state index contributed by atoms with van der Waals surface area (Å²) in [5, 5.41) is 8.77. The number of rotatable bonds is 7. The third-order valence-electron chi connectivity index (χ3n) is 4.00. The Hall–Kier alpha value is -2.89. The number of aryl methyl sites for hydroxylation is 1. The van der Waals surface area contributed by atoms with Crippen LogP contribution in [0.5, 0.6) is 5.75 Å². The Kier molecular flexibility index (Phi) is 5.41. The first-order chi connectivity index (χ1) is 11.7. The lowest BCUT2D eigenvalue weighted by Crippen LogP contribution is -2.25. The van der Waals surface area contributed by atoms with Crippen LogP contribution >= 0.6 is 0 Å². The van der Waals surface area contributed by atoms with Gasteiger partial charge in [-0.3, -0.25) is 14.4 Å². The number of ketones is 2. The van der Waals surface area contributed by atoms with Gasteiger partial charge in [0.1, 0.15) is 5.75 Å². The van der Waals surface area contributed by atoms with Crippen LogP contribution in [0.15, 0.2) is 24.3 Å². The molecule has 1 heterocycles. The van der Waals surface area contributed by atoms with Crippen molar-refractivity contribution < 1.29 is 24.2 Å². The molecule has 0 saturated carbocycles. The molecule has 6 heteroatoms. The maximum atomic E-state index is 12.6. The van der Waals surface area contributed by atoms with Gasteiger partial charge in [0, 0.05) is 11.3 Å². The standard InChI is InChI=1S/C19H21NO5/c1-10-17(12(3)21)11(2)20-18(10)19(24)13(4)25-15-7-5-14(6-8-15)9-16(22)23/h5-8,13,20H,9H2,1-4H3,(H,22,23)/t13-/m0/s1. The fourth-order valence-electron chi connectivity index (χ4n) is 2.85. The summed E-state index contributed by atoms with van der Waals surface area (Å²) in [6.45, 7) is 6.60. The van der Waals surface area contributed by atoms with Crippen LogP contribution in [0.1, 0.15) is 51.5 Å². The van der Waals surface area contributed by atoms with Crippen molar-refractivity contribution in [3.63, 3.8) is 0 Å². The molecule has 1 atom stereocenters. The minimum atomic E-state index is -0.906. The first-order valence-corrected chi connectivity index (χ1v) is 7.92. The molecule has 0 aliphatic heterocycles. The normalized spacial score (nSPS) is 11.8. The molecule has 0 amide bonds. The van der Waals surface area contributed by atoms with E-state index in [4.69, 9.17) is 9.84 Å². The number of aromatic nitrogens is 1. The van der Waals surface area contributed by atoms with Crippen LogP contribution in [0.3, 0.4) is 0 Å². The van der Waals surface area contributed by atoms with E-state index in [0.29, 0.717) is 33.8 Å². The van der Waals surface area contributed by atoms with Crippen molar-refractivity contribution in [2.75, 3.05) is 0 Å². The van der Waals surface area contributed by atoms with Gasteiger partial charge in [-0.05, 0) is 51.0 Å². The Bertz CT molecular complexity index is 817. The van der Waals surface area contributed by atoms with Crippen LogP contribution in [0.25, 0.3) is 0 Å². The molecule has 2 aromatic rings. The average molecular weight is 343 g/mol. The van der Waals surface area contributed by atoms with Crippen molar-refractivity contribution in [3.8, 4) is 5.75 Å². The largest absolute Gasteiger partial charge is 0.483 e. The number of aliphatic carboxylic acids is 1. The van der Waals surface area contributed by atoms with Gasteiger partial charge in [-0.2, -0.15) is 0 Å². The van der Waals surface area contributed by atoms with Crippen molar-refractivity contribution in [1.29, 1.82) is 0 Å². The van der Waals surface area contributed by atoms with Gasteiger partial charge in [0.25, 0.3) is 0 Å². The molecule has 1 aromatic carbocycles. The molecule has 0 saturated heterocycles. The first kappa shape index (κ1) is 18.4. The summed E-state index contributed by atoms with van der Waals surface area (Å²) in [5.41, 5.74) is 2.85. The molecule has 0 bridgehead atoms. The van der Waals surface area contributed by atoms with E-state index in [2.05, 4.69) is 4.98 Å². The number of hydrogen-bond donors (Lipinski definition) is 2. The molecule has 0 radical (unpaired) electrons. The summed E-state index contributed by atoms with van der Waals surface area (Å²) >= 11 is 0. The van der Waals surface area contributed by atoms with Gasteiger partial charge >= 0.3 is 5.97 Å². The van der Waals surface area contributed by atoms with E-state index >= 15 is 0 Å². The Labute approximate surface area is 145 Å². The highest BCUT2D eigenvalue weighted by atomic mass is 16.5. The predicted octanol–water partition coefficient (Wildman–Crippen LogP) is 3.11. The Morgan fingerprint density at radius 2 is 1.76 bits per heavy atom. The second-order valence-electron chi connectivity index (χ2n) is 6.02. The van der Waals surface area contributed by atoms with E-state index in [1.54, 1.807) is 45.0 Å². The number of carbonyl (C=O) groups excluding carboxylic acids is 2. The fourth-order valence-corrected chi connectivity index (χ4v) is 2.85. The minimum absolute atomic E-state index is 0.0659. The highest BCUT2D eigenvalue weighted by Crippen LogP contribution is 2.21. The smallest absolute Gasteiger partial charge is 0.307 e. The lowest BCUT2D eigenvalue weighted by atomic mass is 10.0. The lowest BCUT2D eigenvalue weighted by molar-refractivity contribution is -0.136. The number of nitrogens with one attached hydrogen (secondary N) is 1. The van der Waals surface area contributed by atoms with Gasteiger partial charge in [0.05, 0.1) is 12.1 Å². The van der Waals surface area contributed by atoms with Crippen LogP contribution in [0.4, 0.5) is 0 Å². The molecule has 0 fully saturated rings. The van der Waals surface area contributed by atoms with Crippen molar-refractivity contribution in [1.82, 2.24) is 4.98 Å². The van der Waals surface area contributed by atoms with Crippen molar-refractivity contribution in [2.45, 2.75) is 40.2 Å². The Morgan fingerprint density at radius 1 is 1.16 bits per heavy atom. The molecule has 0 spiro atoms. The highest BCUT2D eigenvalue weighted by molar-refractivity contribution is 6.04. The summed E-state index contributed by atoms with van der Waals surface area (Å²) in [7, 11) is 0. The zero-order valence-electron chi connectivity index (χ0n) is 14.7. The summed E-state index contributed by atoms with van der Waals surface area (Å²) in [6, 6.07) is 6.57. The number of hydrogen-bond acceptors (Lipinski definition) is 4. The molecule has 2 N–H and O–H groups in total. The SMILES string of the molecule is CC(=O)c1c(C)[nH]c(C(=O)[C@H](C)Oc2ccc(CC(=O)O)cc2)c1C. The maximum Gasteiger partial charge on any atom is 0.307 e. The van der Waals surface area contributed by atoms with E-state index in [-0.39, 0.29) is 18.0 Å². The quantitative estimate of drug-likeness (QED) is 0.753. The van der Waals surface area contributed by atoms with Crippen molar-refractivity contribution in [2.24, 2.45) is 0 Å². The molecule has 0 aliphatic rings. The summed E-state index contributed by atoms with van der Waals surface area (Å²) < 4.78 is 5.65. The Balaban J connectivity index is 2.14. The fraction of sp³-hybridized carbons (Fsp3) is 0.316. The highest BCUT2D eigenvalue weighted by Gasteiger charge is 2.24. The van der Waals surface area contributed by atoms with E-state index in [1.807, 2.05) is 0 Å². The second kappa shape index (κ2) is 7.34. The summed E-state index contributed by atoms with van der Waals surface area (Å²) in [5.74, 6) is -0.769. The average Bonchev–Trinajstić information content (AvgIpc) is 2.82. The predicted molar refractivity (Wildman–Crippen MR) is 92.5 cm³/mol. The molecule has 6 nitrogen and oxygen atoms in total. The number of ether oxygens (including phenoxy) is 1. The monoisotopic (exact) mass is 343 g/mol. The topological polar surface area (TPSA) is 96.5 Å². The van der Waals surface area contributed by atoms with Crippen LogP contribution in [0.2, 0.25) is 0 Å². The lowest BCUT2D eigenvalue weighted by Gasteiger charge is -2.14. The molecular formula is C19H21NO5. The van der Waals surface area contributed by atoms with E-state index < -0.39 is 12.1 Å². The number of H-pyrrole nitrogens is 1. The number of benzene rings is 1. The van der Waals surface area contributed by atoms with Gasteiger partial charge in [-0.1, -0.05) is 12.1 Å². The van der Waals surface area contributed by atoms with Crippen LogP contribution < -0.4 is 4.74 Å². The van der Waals surface area contributed by atoms with E-state index in [9.17, 15) is 14.4 Å². The second-order valence-corrected chi connectivity index (χ2v) is 6.02. The molecular weight excluding hydrogens is 322 g/mol. The number of Topliss-reactive ketones (excluding diaryl/α,β-unsaturated/α-hetero) is 2. The Morgan fingerprint density at radius 3 is 2.24 bits per heavy atom. The van der Waals surface area contributed by atoms with Crippen molar-refractivity contribution >= 4 is 17.5 Å². The van der Waals surface area contributed by atoms with Gasteiger partial charge < -0.3 is 14.8 Å². The summed E-state index contributed by atoms with van der Waals surface area (Å²) in [4.78, 5) is 38.0. The number of carbonyl (C=O) groups is 3. The zero-order valence-corrected chi connectivity index (χ0v) is 14.7. The zero-order chi connectivity index (χ0) is 18.7. The van der Waals surface area contributed by atoms with Crippen molar-refractivity contribution in [3.05, 3.63) is 52.3 Å². The molecule has 0 unspecified atom stereocenters. The molecule has 25 heavy (non-hydrogen) atoms. The number of carboxylic acids is 1. The first-order valence-electron chi connectivity index (χ1n) is 7.92. The van der Waals surface area contributed by atoms with Gasteiger partial charge in [0.2, 0.25) is 5.78 Å². The van der Waals surface area contributed by atoms with Crippen LogP contribution in [0, 0.1) is 13.8 Å². The van der Waals surface area contributed by atoms with Gasteiger partial charge in [0.15, 0.2) is 11.9 Å². The third kappa shape index (κ3) is 4.15. The molecule has 0 aliphatic carbocycles. The van der Waals surface area contributed by atoms with Crippen LogP contribution in [-0.4, -0.2) is 33.7 Å². The van der Waals surface area contributed by atoms with Gasteiger partial charge in [-0.25, -0.2) is 0 Å². The molecule has 1 aromatic heterocycles. The molecule has 132 valence electrons. The minimum Gasteiger partial charge on any atom is -0.483 e. The number of carboxylic acid groups (broad SMARTS) is 1. The van der Waals surface area contributed by atoms with E-state index in [1.165, 1.54) is 6.92 Å². The van der Waals surface area contributed by atoms with Gasteiger partial charge in [-0.15, -0.1) is 0 Å². The maximum absolute atomic E-state index is 12.6.